The molecule has 0 saturated carbocycles. The Morgan fingerprint density at radius 1 is 0.857 bits per heavy atom. The van der Waals surface area contributed by atoms with Crippen molar-refractivity contribution in [1.29, 1.82) is 0 Å². The molecule has 0 amide bonds. The largest absolute Gasteiger partial charge is 0.313 e. The summed E-state index contributed by atoms with van der Waals surface area (Å²) in [6.45, 7) is 1.10. The van der Waals surface area contributed by atoms with Crippen molar-refractivity contribution >= 4 is 11.8 Å². The van der Waals surface area contributed by atoms with E-state index in [1.165, 1.54) is 23.3 Å². The summed E-state index contributed by atoms with van der Waals surface area (Å²) >= 11 is 1.92. The summed E-state index contributed by atoms with van der Waals surface area (Å²) < 4.78 is 0. The molecule has 2 rings (SSSR count). The van der Waals surface area contributed by atoms with Crippen molar-refractivity contribution in [1.82, 2.24) is 5.32 Å². The van der Waals surface area contributed by atoms with E-state index in [9.17, 15) is 0 Å². The molecular weight excluding hydrogens is 274 g/mol. The zero-order valence-corrected chi connectivity index (χ0v) is 13.6. The standard InChI is InChI=1S/C19H25NS/c1-21-14-8-13-20-19(15-17-9-4-2-5-10-17)16-18-11-6-3-7-12-18/h2-7,9-12,19-20H,8,13-16H2,1H3. The van der Waals surface area contributed by atoms with E-state index in [4.69, 9.17) is 0 Å². The van der Waals surface area contributed by atoms with Gasteiger partial charge in [-0.05, 0) is 48.9 Å². The van der Waals surface area contributed by atoms with E-state index in [0.29, 0.717) is 6.04 Å². The summed E-state index contributed by atoms with van der Waals surface area (Å²) in [6.07, 6.45) is 5.59. The predicted octanol–water partition coefficient (Wildman–Crippen LogP) is 4.18. The SMILES string of the molecule is CSCCCNC(Cc1ccccc1)Cc1ccccc1. The normalized spacial score (nSPS) is 11.0. The van der Waals surface area contributed by atoms with Gasteiger partial charge in [0, 0.05) is 6.04 Å². The molecule has 0 unspecified atom stereocenters. The lowest BCUT2D eigenvalue weighted by Crippen LogP contribution is -2.34. The zero-order valence-electron chi connectivity index (χ0n) is 12.8. The van der Waals surface area contributed by atoms with Gasteiger partial charge >= 0.3 is 0 Å². The lowest BCUT2D eigenvalue weighted by Gasteiger charge is -2.19. The molecule has 1 N–H and O–H groups in total. The fourth-order valence-electron chi connectivity index (χ4n) is 2.54. The second-order valence-electron chi connectivity index (χ2n) is 5.38. The van der Waals surface area contributed by atoms with Crippen LogP contribution in [0.2, 0.25) is 0 Å². The molecule has 0 spiro atoms. The van der Waals surface area contributed by atoms with Crippen molar-refractivity contribution in [2.45, 2.75) is 25.3 Å². The second kappa shape index (κ2) is 9.64. The highest BCUT2D eigenvalue weighted by molar-refractivity contribution is 7.98. The summed E-state index contributed by atoms with van der Waals surface area (Å²) in [4.78, 5) is 0. The minimum Gasteiger partial charge on any atom is -0.313 e. The quantitative estimate of drug-likeness (QED) is 0.697. The van der Waals surface area contributed by atoms with Crippen LogP contribution >= 0.6 is 11.8 Å². The van der Waals surface area contributed by atoms with Gasteiger partial charge < -0.3 is 5.32 Å². The topological polar surface area (TPSA) is 12.0 Å². The Kier molecular flexibility index (Phi) is 7.41. The van der Waals surface area contributed by atoms with Crippen LogP contribution in [0, 0.1) is 0 Å². The van der Waals surface area contributed by atoms with Gasteiger partial charge in [0.15, 0.2) is 0 Å². The first kappa shape index (κ1) is 16.1. The monoisotopic (exact) mass is 299 g/mol. The van der Waals surface area contributed by atoms with Gasteiger partial charge in [0.05, 0.1) is 0 Å². The van der Waals surface area contributed by atoms with E-state index in [1.807, 2.05) is 11.8 Å². The average molecular weight is 299 g/mol. The molecule has 0 fully saturated rings. The number of thioether (sulfide) groups is 1. The van der Waals surface area contributed by atoms with Crippen LogP contribution in [0.1, 0.15) is 17.5 Å². The van der Waals surface area contributed by atoms with E-state index in [2.05, 4.69) is 72.2 Å². The third-order valence-corrected chi connectivity index (χ3v) is 4.31. The summed E-state index contributed by atoms with van der Waals surface area (Å²) in [5.74, 6) is 1.23. The Hall–Kier alpha value is -1.25. The Labute approximate surface area is 133 Å². The molecule has 0 aromatic heterocycles. The van der Waals surface area contributed by atoms with Crippen LogP contribution in [0.4, 0.5) is 0 Å². The van der Waals surface area contributed by atoms with Crippen LogP contribution in [0.15, 0.2) is 60.7 Å². The molecule has 0 atom stereocenters. The predicted molar refractivity (Wildman–Crippen MR) is 95.1 cm³/mol. The van der Waals surface area contributed by atoms with Crippen molar-refractivity contribution in [2.75, 3.05) is 18.6 Å². The Balaban J connectivity index is 1.93. The molecule has 2 aromatic rings. The number of nitrogens with one attached hydrogen (secondary N) is 1. The van der Waals surface area contributed by atoms with Gasteiger partial charge in [-0.2, -0.15) is 11.8 Å². The van der Waals surface area contributed by atoms with Gasteiger partial charge in [-0.3, -0.25) is 0 Å². The number of benzene rings is 2. The van der Waals surface area contributed by atoms with Crippen molar-refractivity contribution in [3.8, 4) is 0 Å². The first-order valence-corrected chi connectivity index (χ1v) is 9.08. The molecule has 0 saturated heterocycles. The van der Waals surface area contributed by atoms with Gasteiger partial charge in [-0.15, -0.1) is 0 Å². The van der Waals surface area contributed by atoms with Crippen LogP contribution in [-0.4, -0.2) is 24.6 Å². The van der Waals surface area contributed by atoms with E-state index >= 15 is 0 Å². The molecule has 2 heteroatoms. The Bertz CT molecular complexity index is 442. The molecule has 0 aliphatic rings. The highest BCUT2D eigenvalue weighted by Gasteiger charge is 2.09. The summed E-state index contributed by atoms with van der Waals surface area (Å²) in [6, 6.07) is 22.1. The lowest BCUT2D eigenvalue weighted by atomic mass is 9.99. The van der Waals surface area contributed by atoms with Gasteiger partial charge in [0.1, 0.15) is 0 Å². The minimum atomic E-state index is 0.511. The average Bonchev–Trinajstić information content (AvgIpc) is 2.53. The molecule has 2 aromatic carbocycles. The molecule has 0 radical (unpaired) electrons. The van der Waals surface area contributed by atoms with Crippen molar-refractivity contribution in [3.05, 3.63) is 71.8 Å². The van der Waals surface area contributed by atoms with Gasteiger partial charge in [0.25, 0.3) is 0 Å². The second-order valence-corrected chi connectivity index (χ2v) is 6.36. The first-order chi connectivity index (χ1) is 10.4. The highest BCUT2D eigenvalue weighted by Crippen LogP contribution is 2.09. The van der Waals surface area contributed by atoms with E-state index in [0.717, 1.165) is 19.4 Å². The Morgan fingerprint density at radius 2 is 1.38 bits per heavy atom. The van der Waals surface area contributed by atoms with Gasteiger partial charge in [-0.25, -0.2) is 0 Å². The third kappa shape index (κ3) is 6.36. The highest BCUT2D eigenvalue weighted by atomic mass is 32.2. The number of hydrogen-bond donors (Lipinski definition) is 1. The summed E-state index contributed by atoms with van der Waals surface area (Å²) in [5.41, 5.74) is 2.83. The number of rotatable bonds is 9. The number of hydrogen-bond acceptors (Lipinski definition) is 2. The molecular formula is C19H25NS. The molecule has 21 heavy (non-hydrogen) atoms. The molecule has 0 aliphatic heterocycles. The zero-order chi connectivity index (χ0) is 14.8. The Morgan fingerprint density at radius 3 is 1.86 bits per heavy atom. The van der Waals surface area contributed by atoms with Crippen molar-refractivity contribution in [3.63, 3.8) is 0 Å². The molecule has 0 heterocycles. The van der Waals surface area contributed by atoms with Gasteiger partial charge in [0.2, 0.25) is 0 Å². The molecule has 0 bridgehead atoms. The van der Waals surface area contributed by atoms with Crippen LogP contribution in [0.25, 0.3) is 0 Å². The van der Waals surface area contributed by atoms with E-state index in [-0.39, 0.29) is 0 Å². The van der Waals surface area contributed by atoms with E-state index in [1.54, 1.807) is 0 Å². The summed E-state index contributed by atoms with van der Waals surface area (Å²) in [5, 5.41) is 3.74. The fourth-order valence-corrected chi connectivity index (χ4v) is 2.97. The van der Waals surface area contributed by atoms with E-state index < -0.39 is 0 Å². The maximum absolute atomic E-state index is 3.74. The minimum absolute atomic E-state index is 0.511. The van der Waals surface area contributed by atoms with Crippen molar-refractivity contribution < 1.29 is 0 Å². The van der Waals surface area contributed by atoms with Crippen LogP contribution < -0.4 is 5.32 Å². The molecule has 0 aliphatic carbocycles. The lowest BCUT2D eigenvalue weighted by molar-refractivity contribution is 0.506. The van der Waals surface area contributed by atoms with Crippen LogP contribution in [-0.2, 0) is 12.8 Å². The summed E-state index contributed by atoms with van der Waals surface area (Å²) in [7, 11) is 0. The maximum atomic E-state index is 3.74. The molecule has 1 nitrogen and oxygen atoms in total. The van der Waals surface area contributed by atoms with Gasteiger partial charge in [-0.1, -0.05) is 60.7 Å². The smallest absolute Gasteiger partial charge is 0.0148 e. The fraction of sp³-hybridized carbons (Fsp3) is 0.368. The third-order valence-electron chi connectivity index (χ3n) is 3.61. The van der Waals surface area contributed by atoms with Crippen LogP contribution in [0.3, 0.4) is 0 Å². The van der Waals surface area contributed by atoms with Crippen LogP contribution in [0.5, 0.6) is 0 Å². The first-order valence-electron chi connectivity index (χ1n) is 7.68. The maximum Gasteiger partial charge on any atom is 0.0148 e. The molecule has 112 valence electrons. The van der Waals surface area contributed by atoms with Crippen molar-refractivity contribution in [2.24, 2.45) is 0 Å².